The molecule has 1 aliphatic rings. The van der Waals surface area contributed by atoms with Crippen molar-refractivity contribution in [3.63, 3.8) is 0 Å². The van der Waals surface area contributed by atoms with Gasteiger partial charge >= 0.3 is 5.97 Å². The summed E-state index contributed by atoms with van der Waals surface area (Å²) in [6, 6.07) is 5.96. The number of benzene rings is 1. The van der Waals surface area contributed by atoms with Gasteiger partial charge in [-0.2, -0.15) is 0 Å². The Bertz CT molecular complexity index is 646. The SMILES string of the molecule is CC[C@H](C)[C@H](NC(=O)CN1C(=O)C(C)Oc2ccccc21)C(=O)O. The standard InChI is InChI=1S/C17H22N2O5/c1-4-10(2)15(17(22)23)18-14(20)9-19-12-7-5-6-8-13(12)24-11(3)16(19)21/h5-8,10-11,15H,4,9H2,1-3H3,(H,18,20)(H,22,23)/t10-,11?,15-/m0/s1. The molecule has 0 radical (unpaired) electrons. The molecular formula is C17H22N2O5. The molecule has 0 bridgehead atoms. The van der Waals surface area contributed by atoms with Crippen molar-refractivity contribution in [1.29, 1.82) is 0 Å². The number of amides is 2. The average molecular weight is 334 g/mol. The Labute approximate surface area is 140 Å². The number of aliphatic carboxylic acids is 1. The lowest BCUT2D eigenvalue weighted by atomic mass is 9.99. The molecule has 0 aliphatic carbocycles. The van der Waals surface area contributed by atoms with Gasteiger partial charge in [-0.05, 0) is 25.0 Å². The van der Waals surface area contributed by atoms with E-state index >= 15 is 0 Å². The van der Waals surface area contributed by atoms with Crippen LogP contribution in [0.5, 0.6) is 5.75 Å². The van der Waals surface area contributed by atoms with Crippen LogP contribution < -0.4 is 15.0 Å². The van der Waals surface area contributed by atoms with Crippen LogP contribution in [0, 0.1) is 5.92 Å². The second-order valence-electron chi connectivity index (χ2n) is 5.92. The van der Waals surface area contributed by atoms with E-state index in [2.05, 4.69) is 5.32 Å². The molecule has 1 aliphatic heterocycles. The Morgan fingerprint density at radius 3 is 2.67 bits per heavy atom. The van der Waals surface area contributed by atoms with Crippen molar-refractivity contribution in [3.05, 3.63) is 24.3 Å². The molecule has 3 atom stereocenters. The minimum Gasteiger partial charge on any atom is -0.480 e. The van der Waals surface area contributed by atoms with Crippen molar-refractivity contribution in [3.8, 4) is 5.75 Å². The number of carboxylic acid groups (broad SMARTS) is 1. The normalized spacial score (nSPS) is 19.0. The van der Waals surface area contributed by atoms with Gasteiger partial charge in [0.15, 0.2) is 6.10 Å². The van der Waals surface area contributed by atoms with E-state index in [9.17, 15) is 19.5 Å². The Kier molecular flexibility index (Phi) is 5.43. The smallest absolute Gasteiger partial charge is 0.326 e. The van der Waals surface area contributed by atoms with Gasteiger partial charge in [0.2, 0.25) is 5.91 Å². The predicted molar refractivity (Wildman–Crippen MR) is 87.9 cm³/mol. The van der Waals surface area contributed by atoms with E-state index in [1.165, 1.54) is 4.90 Å². The number of ether oxygens (including phenoxy) is 1. The number of hydrogen-bond acceptors (Lipinski definition) is 4. The average Bonchev–Trinajstić information content (AvgIpc) is 2.55. The fraction of sp³-hybridized carbons (Fsp3) is 0.471. The Morgan fingerprint density at radius 1 is 1.38 bits per heavy atom. The maximum atomic E-state index is 12.3. The fourth-order valence-electron chi connectivity index (χ4n) is 2.57. The molecular weight excluding hydrogens is 312 g/mol. The number of carbonyl (C=O) groups is 3. The topological polar surface area (TPSA) is 95.9 Å². The summed E-state index contributed by atoms with van der Waals surface area (Å²) in [4.78, 5) is 37.3. The number of nitrogens with one attached hydrogen (secondary N) is 1. The van der Waals surface area contributed by atoms with Crippen molar-refractivity contribution in [2.45, 2.75) is 39.3 Å². The molecule has 1 unspecified atom stereocenters. The summed E-state index contributed by atoms with van der Waals surface area (Å²) in [5.41, 5.74) is 0.506. The van der Waals surface area contributed by atoms with Crippen LogP contribution in [0.2, 0.25) is 0 Å². The van der Waals surface area contributed by atoms with E-state index in [4.69, 9.17) is 4.74 Å². The van der Waals surface area contributed by atoms with Gasteiger partial charge in [-0.15, -0.1) is 0 Å². The Hall–Kier alpha value is -2.57. The second kappa shape index (κ2) is 7.33. The largest absolute Gasteiger partial charge is 0.480 e. The number of hydrogen-bond donors (Lipinski definition) is 2. The van der Waals surface area contributed by atoms with Crippen LogP contribution in [0.1, 0.15) is 27.2 Å². The molecule has 7 heteroatoms. The second-order valence-corrected chi connectivity index (χ2v) is 5.92. The van der Waals surface area contributed by atoms with E-state index < -0.39 is 24.0 Å². The van der Waals surface area contributed by atoms with Crippen LogP contribution in [-0.4, -0.2) is 41.6 Å². The molecule has 7 nitrogen and oxygen atoms in total. The summed E-state index contributed by atoms with van der Waals surface area (Å²) < 4.78 is 5.51. The van der Waals surface area contributed by atoms with Crippen molar-refractivity contribution in [1.82, 2.24) is 5.32 Å². The summed E-state index contributed by atoms with van der Waals surface area (Å²) in [7, 11) is 0. The van der Waals surface area contributed by atoms with Crippen molar-refractivity contribution in [2.75, 3.05) is 11.4 Å². The van der Waals surface area contributed by atoms with Crippen molar-refractivity contribution < 1.29 is 24.2 Å². The molecule has 2 N–H and O–H groups in total. The molecule has 1 heterocycles. The van der Waals surface area contributed by atoms with Gasteiger partial charge in [0.1, 0.15) is 18.3 Å². The zero-order valence-corrected chi connectivity index (χ0v) is 14.0. The number of rotatable bonds is 6. The summed E-state index contributed by atoms with van der Waals surface area (Å²) in [6.07, 6.45) is -0.0781. The molecule has 24 heavy (non-hydrogen) atoms. The first-order valence-electron chi connectivity index (χ1n) is 7.94. The lowest BCUT2D eigenvalue weighted by molar-refractivity contribution is -0.143. The molecule has 1 aromatic carbocycles. The van der Waals surface area contributed by atoms with Gasteiger partial charge in [0, 0.05) is 0 Å². The highest BCUT2D eigenvalue weighted by Crippen LogP contribution is 2.33. The summed E-state index contributed by atoms with van der Waals surface area (Å²) in [5.74, 6) is -1.62. The van der Waals surface area contributed by atoms with Crippen molar-refractivity contribution >= 4 is 23.5 Å². The number of nitrogens with zero attached hydrogens (tertiary/aromatic N) is 1. The monoisotopic (exact) mass is 334 g/mol. The lowest BCUT2D eigenvalue weighted by Gasteiger charge is -2.33. The summed E-state index contributed by atoms with van der Waals surface area (Å²) in [5, 5.41) is 11.8. The molecule has 1 aromatic rings. The van der Waals surface area contributed by atoms with Gasteiger partial charge in [0.25, 0.3) is 5.91 Å². The molecule has 0 fully saturated rings. The van der Waals surface area contributed by atoms with Crippen LogP contribution in [-0.2, 0) is 14.4 Å². The third-order valence-corrected chi connectivity index (χ3v) is 4.17. The van der Waals surface area contributed by atoms with E-state index in [0.29, 0.717) is 17.9 Å². The predicted octanol–water partition coefficient (Wildman–Crippen LogP) is 1.42. The highest BCUT2D eigenvalue weighted by molar-refractivity contribution is 6.04. The highest BCUT2D eigenvalue weighted by Gasteiger charge is 2.33. The molecule has 0 saturated heterocycles. The number of carbonyl (C=O) groups excluding carboxylic acids is 2. The van der Waals surface area contributed by atoms with Crippen LogP contribution in [0.4, 0.5) is 5.69 Å². The number of anilines is 1. The third-order valence-electron chi connectivity index (χ3n) is 4.17. The molecule has 0 spiro atoms. The molecule has 130 valence electrons. The highest BCUT2D eigenvalue weighted by atomic mass is 16.5. The molecule has 2 amide bonds. The first kappa shape index (κ1) is 17.8. The van der Waals surface area contributed by atoms with Crippen LogP contribution in [0.25, 0.3) is 0 Å². The van der Waals surface area contributed by atoms with E-state index in [-0.39, 0.29) is 18.4 Å². The number of carboxylic acids is 1. The van der Waals surface area contributed by atoms with E-state index in [1.807, 2.05) is 6.92 Å². The number of fused-ring (bicyclic) bond motifs is 1. The zero-order valence-electron chi connectivity index (χ0n) is 14.0. The minimum absolute atomic E-state index is 0.210. The minimum atomic E-state index is -1.08. The van der Waals surface area contributed by atoms with Crippen LogP contribution >= 0.6 is 0 Å². The van der Waals surface area contributed by atoms with Crippen molar-refractivity contribution in [2.24, 2.45) is 5.92 Å². The van der Waals surface area contributed by atoms with Gasteiger partial charge < -0.3 is 15.2 Å². The lowest BCUT2D eigenvalue weighted by Crippen LogP contribution is -2.52. The molecule has 2 rings (SSSR count). The van der Waals surface area contributed by atoms with Gasteiger partial charge in [-0.25, -0.2) is 4.79 Å². The Balaban J connectivity index is 2.16. The quantitative estimate of drug-likeness (QED) is 0.820. The summed E-state index contributed by atoms with van der Waals surface area (Å²) >= 11 is 0. The van der Waals surface area contributed by atoms with E-state index in [1.54, 1.807) is 38.1 Å². The van der Waals surface area contributed by atoms with Crippen LogP contribution in [0.3, 0.4) is 0 Å². The Morgan fingerprint density at radius 2 is 2.04 bits per heavy atom. The third kappa shape index (κ3) is 3.67. The van der Waals surface area contributed by atoms with E-state index in [0.717, 1.165) is 0 Å². The summed E-state index contributed by atoms with van der Waals surface area (Å²) in [6.45, 7) is 4.98. The zero-order chi connectivity index (χ0) is 17.9. The first-order valence-corrected chi connectivity index (χ1v) is 7.94. The van der Waals surface area contributed by atoms with Gasteiger partial charge in [-0.3, -0.25) is 14.5 Å². The van der Waals surface area contributed by atoms with Gasteiger partial charge in [-0.1, -0.05) is 32.4 Å². The van der Waals surface area contributed by atoms with Crippen LogP contribution in [0.15, 0.2) is 24.3 Å². The fourth-order valence-corrected chi connectivity index (χ4v) is 2.57. The maximum Gasteiger partial charge on any atom is 0.326 e. The first-order chi connectivity index (χ1) is 11.3. The van der Waals surface area contributed by atoms with Gasteiger partial charge in [0.05, 0.1) is 5.69 Å². The molecule has 0 saturated carbocycles. The molecule has 0 aromatic heterocycles. The maximum absolute atomic E-state index is 12.3. The number of para-hydroxylation sites is 2.